The summed E-state index contributed by atoms with van der Waals surface area (Å²) in [7, 11) is 0. The Kier molecular flexibility index (Phi) is 9.68. The summed E-state index contributed by atoms with van der Waals surface area (Å²) < 4.78 is 0. The van der Waals surface area contributed by atoms with Crippen molar-refractivity contribution >= 4 is 45.9 Å². The zero-order valence-electron chi connectivity index (χ0n) is 23.1. The summed E-state index contributed by atoms with van der Waals surface area (Å²) in [5.74, 6) is -0.613. The van der Waals surface area contributed by atoms with E-state index in [0.717, 1.165) is 48.0 Å². The number of nitrogens with zero attached hydrogens (tertiary/aromatic N) is 2. The molecule has 2 saturated heterocycles. The molecule has 2 fully saturated rings. The number of hydrogen-bond acceptors (Lipinski definition) is 4. The van der Waals surface area contributed by atoms with Crippen molar-refractivity contribution in [3.05, 3.63) is 69.8 Å². The molecule has 2 unspecified atom stereocenters. The standard InChI is InChI=1S/C31H39Cl2N5O2/c1-21(25-19-34-28-8-4-3-7-24(25)28)30(31(40)35-18-22-9-10-26(32)27(33)17-22)36-29(39)20-37-15-11-23(12-16-37)38-13-5-2-6-14-38/h3-4,7-10,17,19,21,23,30,34H,2,5-6,11-16,18,20H2,1H3,(H,35,40)(H,36,39). The molecule has 1 aromatic heterocycles. The predicted molar refractivity (Wildman–Crippen MR) is 162 cm³/mol. The van der Waals surface area contributed by atoms with E-state index >= 15 is 0 Å². The predicted octanol–water partition coefficient (Wildman–Crippen LogP) is 5.33. The Balaban J connectivity index is 1.24. The molecule has 214 valence electrons. The van der Waals surface area contributed by atoms with E-state index in [4.69, 9.17) is 23.2 Å². The number of fused-ring (bicyclic) bond motifs is 1. The SMILES string of the molecule is CC(c1c[nH]c2ccccc12)C(NC(=O)CN1CCC(N2CCCCC2)CC1)C(=O)NCc1ccc(Cl)c(Cl)c1. The third-order valence-corrected chi connectivity index (χ3v) is 9.23. The van der Waals surface area contributed by atoms with Crippen LogP contribution in [-0.4, -0.2) is 71.4 Å². The van der Waals surface area contributed by atoms with Crippen molar-refractivity contribution in [2.45, 2.75) is 63.6 Å². The fourth-order valence-electron chi connectivity index (χ4n) is 6.16. The Morgan fingerprint density at radius 2 is 1.75 bits per heavy atom. The number of hydrogen-bond donors (Lipinski definition) is 3. The lowest BCUT2D eigenvalue weighted by molar-refractivity contribution is -0.130. The maximum atomic E-state index is 13.6. The highest BCUT2D eigenvalue weighted by molar-refractivity contribution is 6.42. The minimum Gasteiger partial charge on any atom is -0.361 e. The maximum Gasteiger partial charge on any atom is 0.243 e. The number of carbonyl (C=O) groups excluding carboxylic acids is 2. The highest BCUT2D eigenvalue weighted by Crippen LogP contribution is 2.28. The Hall–Kier alpha value is -2.58. The van der Waals surface area contributed by atoms with E-state index in [1.807, 2.05) is 43.5 Å². The zero-order valence-corrected chi connectivity index (χ0v) is 24.6. The van der Waals surface area contributed by atoms with Gasteiger partial charge >= 0.3 is 0 Å². The van der Waals surface area contributed by atoms with Gasteiger partial charge in [-0.25, -0.2) is 0 Å². The Labute approximate surface area is 246 Å². The number of nitrogens with one attached hydrogen (secondary N) is 3. The lowest BCUT2D eigenvalue weighted by Crippen LogP contribution is -2.53. The first-order valence-electron chi connectivity index (χ1n) is 14.4. The summed E-state index contributed by atoms with van der Waals surface area (Å²) in [6, 6.07) is 13.2. The minimum atomic E-state index is -0.736. The first-order chi connectivity index (χ1) is 19.4. The number of piperidine rings is 2. The number of benzene rings is 2. The van der Waals surface area contributed by atoms with Gasteiger partial charge in [-0.1, -0.05) is 60.8 Å². The Bertz CT molecular complexity index is 1310. The smallest absolute Gasteiger partial charge is 0.243 e. The van der Waals surface area contributed by atoms with E-state index in [1.54, 1.807) is 12.1 Å². The van der Waals surface area contributed by atoms with Crippen LogP contribution in [-0.2, 0) is 16.1 Å². The Morgan fingerprint density at radius 1 is 1.00 bits per heavy atom. The first kappa shape index (κ1) is 28.9. The molecule has 2 atom stereocenters. The number of rotatable bonds is 9. The molecule has 7 nitrogen and oxygen atoms in total. The van der Waals surface area contributed by atoms with E-state index in [9.17, 15) is 9.59 Å². The van der Waals surface area contributed by atoms with Crippen molar-refractivity contribution in [1.29, 1.82) is 0 Å². The van der Waals surface area contributed by atoms with Crippen LogP contribution in [0.3, 0.4) is 0 Å². The third-order valence-electron chi connectivity index (χ3n) is 8.49. The van der Waals surface area contributed by atoms with Gasteiger partial charge in [0, 0.05) is 48.7 Å². The van der Waals surface area contributed by atoms with Crippen LogP contribution in [0.1, 0.15) is 56.1 Å². The highest BCUT2D eigenvalue weighted by Gasteiger charge is 2.31. The van der Waals surface area contributed by atoms with Crippen molar-refractivity contribution in [2.75, 3.05) is 32.7 Å². The molecular formula is C31H39Cl2N5O2. The number of likely N-dealkylation sites (tertiary alicyclic amines) is 2. The van der Waals surface area contributed by atoms with Crippen LogP contribution in [0.15, 0.2) is 48.7 Å². The molecule has 40 heavy (non-hydrogen) atoms. The van der Waals surface area contributed by atoms with E-state index in [-0.39, 0.29) is 24.3 Å². The van der Waals surface area contributed by atoms with E-state index < -0.39 is 6.04 Å². The molecule has 5 rings (SSSR count). The molecule has 0 bridgehead atoms. The second kappa shape index (κ2) is 13.4. The van der Waals surface area contributed by atoms with Crippen molar-refractivity contribution < 1.29 is 9.59 Å². The number of aromatic amines is 1. The molecule has 0 aliphatic carbocycles. The van der Waals surface area contributed by atoms with Crippen LogP contribution in [0.5, 0.6) is 0 Å². The molecular weight excluding hydrogens is 545 g/mol. The van der Waals surface area contributed by atoms with Gasteiger partial charge in [0.1, 0.15) is 6.04 Å². The van der Waals surface area contributed by atoms with Crippen LogP contribution in [0.2, 0.25) is 10.0 Å². The number of aromatic nitrogens is 1. The molecule has 0 radical (unpaired) electrons. The second-order valence-corrected chi connectivity index (χ2v) is 12.0. The van der Waals surface area contributed by atoms with Crippen molar-refractivity contribution in [3.8, 4) is 0 Å². The minimum absolute atomic E-state index is 0.127. The summed E-state index contributed by atoms with van der Waals surface area (Å²) in [6.07, 6.45) is 8.05. The van der Waals surface area contributed by atoms with Crippen LogP contribution in [0.4, 0.5) is 0 Å². The molecule has 2 aliphatic rings. The molecule has 2 aromatic carbocycles. The van der Waals surface area contributed by atoms with Crippen LogP contribution < -0.4 is 10.6 Å². The fourth-order valence-corrected chi connectivity index (χ4v) is 6.49. The maximum absolute atomic E-state index is 13.6. The van der Waals surface area contributed by atoms with E-state index in [0.29, 0.717) is 22.6 Å². The number of amides is 2. The van der Waals surface area contributed by atoms with E-state index in [2.05, 4.69) is 25.4 Å². The summed E-state index contributed by atoms with van der Waals surface area (Å²) in [4.78, 5) is 35.0. The quantitative estimate of drug-likeness (QED) is 0.318. The van der Waals surface area contributed by atoms with Gasteiger partial charge in [-0.2, -0.15) is 0 Å². The Morgan fingerprint density at radius 3 is 2.50 bits per heavy atom. The second-order valence-electron chi connectivity index (χ2n) is 11.2. The van der Waals surface area contributed by atoms with Crippen LogP contribution >= 0.6 is 23.2 Å². The number of H-pyrrole nitrogens is 1. The molecule has 2 aliphatic heterocycles. The van der Waals surface area contributed by atoms with Gasteiger partial charge in [0.05, 0.1) is 16.6 Å². The average Bonchev–Trinajstić information content (AvgIpc) is 3.41. The summed E-state index contributed by atoms with van der Waals surface area (Å²) >= 11 is 12.2. The topological polar surface area (TPSA) is 80.5 Å². The van der Waals surface area contributed by atoms with Gasteiger partial charge in [-0.05, 0) is 68.1 Å². The monoisotopic (exact) mass is 583 g/mol. The largest absolute Gasteiger partial charge is 0.361 e. The molecule has 2 amide bonds. The highest BCUT2D eigenvalue weighted by atomic mass is 35.5. The fraction of sp³-hybridized carbons (Fsp3) is 0.484. The molecule has 9 heteroatoms. The van der Waals surface area contributed by atoms with Gasteiger partial charge in [-0.15, -0.1) is 0 Å². The molecule has 0 saturated carbocycles. The number of halogens is 2. The third kappa shape index (κ3) is 7.00. The van der Waals surface area contributed by atoms with Crippen molar-refractivity contribution in [1.82, 2.24) is 25.4 Å². The van der Waals surface area contributed by atoms with Gasteiger partial charge in [0.25, 0.3) is 0 Å². The summed E-state index contributed by atoms with van der Waals surface area (Å²) in [5.41, 5.74) is 2.83. The van der Waals surface area contributed by atoms with Crippen molar-refractivity contribution in [3.63, 3.8) is 0 Å². The van der Waals surface area contributed by atoms with E-state index in [1.165, 1.54) is 32.4 Å². The van der Waals surface area contributed by atoms with Gasteiger partial charge in [0.2, 0.25) is 11.8 Å². The average molecular weight is 585 g/mol. The normalized spacial score (nSPS) is 18.9. The van der Waals surface area contributed by atoms with Gasteiger partial charge in [0.15, 0.2) is 0 Å². The molecule has 3 heterocycles. The summed E-state index contributed by atoms with van der Waals surface area (Å²) in [6.45, 7) is 6.79. The number of para-hydroxylation sites is 1. The van der Waals surface area contributed by atoms with Crippen molar-refractivity contribution in [2.24, 2.45) is 0 Å². The molecule has 3 N–H and O–H groups in total. The molecule has 0 spiro atoms. The van der Waals surface area contributed by atoms with Crippen LogP contribution in [0, 0.1) is 0 Å². The lowest BCUT2D eigenvalue weighted by atomic mass is 9.92. The number of carbonyl (C=O) groups is 2. The first-order valence-corrected chi connectivity index (χ1v) is 15.2. The summed E-state index contributed by atoms with van der Waals surface area (Å²) in [5, 5.41) is 8.04. The zero-order chi connectivity index (χ0) is 28.1. The van der Waals surface area contributed by atoms with Crippen LogP contribution in [0.25, 0.3) is 10.9 Å². The lowest BCUT2D eigenvalue weighted by Gasteiger charge is -2.40. The molecule has 3 aromatic rings. The van der Waals surface area contributed by atoms with Gasteiger partial charge in [-0.3, -0.25) is 14.5 Å². The van der Waals surface area contributed by atoms with Gasteiger partial charge < -0.3 is 20.5 Å².